The molecule has 0 amide bonds. The molecule has 24 heavy (non-hydrogen) atoms. The average molecular weight is 321 g/mol. The maximum Gasteiger partial charge on any atom is 0.262 e. The molecule has 0 fully saturated rings. The third-order valence-corrected chi connectivity index (χ3v) is 4.11. The summed E-state index contributed by atoms with van der Waals surface area (Å²) in [6, 6.07) is 14.8. The summed E-state index contributed by atoms with van der Waals surface area (Å²) in [6.45, 7) is 3.45. The second kappa shape index (κ2) is 6.32. The van der Waals surface area contributed by atoms with E-state index in [2.05, 4.69) is 0 Å². The van der Waals surface area contributed by atoms with Crippen LogP contribution in [0.2, 0.25) is 0 Å². The Kier molecular flexibility index (Phi) is 4.21. The minimum Gasteiger partial charge on any atom is -0.496 e. The van der Waals surface area contributed by atoms with E-state index in [1.807, 2.05) is 43.3 Å². The summed E-state index contributed by atoms with van der Waals surface area (Å²) in [4.78, 5) is 24.5. The largest absolute Gasteiger partial charge is 0.496 e. The molecule has 0 bridgehead atoms. The molecule has 0 aliphatic rings. The molecule has 0 unspecified atom stereocenters. The normalized spacial score (nSPS) is 10.8. The molecule has 0 saturated heterocycles. The average Bonchev–Trinajstić information content (AvgIpc) is 2.91. The topological polar surface area (TPSA) is 48.3 Å². The minimum atomic E-state index is -0.0814. The van der Waals surface area contributed by atoms with Crippen LogP contribution in [0.5, 0.6) is 5.75 Å². The molecule has 2 aromatic carbocycles. The summed E-state index contributed by atoms with van der Waals surface area (Å²) in [5.74, 6) is 0.643. The van der Waals surface area contributed by atoms with Gasteiger partial charge in [0.2, 0.25) is 0 Å². The third kappa shape index (κ3) is 2.71. The fourth-order valence-corrected chi connectivity index (χ4v) is 3.05. The summed E-state index contributed by atoms with van der Waals surface area (Å²) in [5, 5.41) is 0.881. The Balaban J connectivity index is 2.22. The lowest BCUT2D eigenvalue weighted by Crippen LogP contribution is -2.13. The van der Waals surface area contributed by atoms with Gasteiger partial charge in [0.25, 0.3) is 5.91 Å². The third-order valence-electron chi connectivity index (χ3n) is 4.11. The van der Waals surface area contributed by atoms with E-state index in [4.69, 9.17) is 4.74 Å². The van der Waals surface area contributed by atoms with Crippen LogP contribution >= 0.6 is 0 Å². The van der Waals surface area contributed by atoms with Gasteiger partial charge in [-0.1, -0.05) is 18.2 Å². The molecule has 0 saturated carbocycles. The zero-order valence-electron chi connectivity index (χ0n) is 14.0. The Morgan fingerprint density at radius 1 is 1.08 bits per heavy atom. The van der Waals surface area contributed by atoms with Crippen LogP contribution in [0.15, 0.2) is 48.5 Å². The van der Waals surface area contributed by atoms with Crippen molar-refractivity contribution in [1.82, 2.24) is 4.57 Å². The van der Waals surface area contributed by atoms with Crippen LogP contribution in [0, 0.1) is 6.92 Å². The van der Waals surface area contributed by atoms with Gasteiger partial charge in [-0.2, -0.15) is 0 Å². The molecule has 0 aliphatic heterocycles. The van der Waals surface area contributed by atoms with Crippen LogP contribution < -0.4 is 4.74 Å². The van der Waals surface area contributed by atoms with Crippen LogP contribution in [-0.4, -0.2) is 23.4 Å². The Morgan fingerprint density at radius 3 is 2.42 bits per heavy atom. The van der Waals surface area contributed by atoms with Crippen molar-refractivity contribution in [3.05, 3.63) is 65.4 Å². The number of methoxy groups -OCH3 is 1. The first-order valence-electron chi connectivity index (χ1n) is 7.80. The van der Waals surface area contributed by atoms with Gasteiger partial charge in [-0.3, -0.25) is 14.2 Å². The highest BCUT2D eigenvalue weighted by atomic mass is 16.5. The van der Waals surface area contributed by atoms with Crippen LogP contribution in [0.25, 0.3) is 10.9 Å². The lowest BCUT2D eigenvalue weighted by molar-refractivity contribution is -0.116. The number of Topliss-reactive ketones (excluding diaryl/α,β-unsaturated/α-hetero) is 1. The molecule has 3 rings (SSSR count). The molecule has 0 spiro atoms. The van der Waals surface area contributed by atoms with Crippen LogP contribution in [0.4, 0.5) is 0 Å². The maximum atomic E-state index is 12.9. The number of ketones is 1. The standard InChI is InChI=1S/C20H19NO3/c1-13-11-16-17(12-14(2)22)19(24-3)10-9-18(16)21(13)20(23)15-7-5-4-6-8-15/h4-11H,12H2,1-3H3. The Morgan fingerprint density at radius 2 is 1.79 bits per heavy atom. The van der Waals surface area contributed by atoms with E-state index in [0.717, 1.165) is 22.2 Å². The molecule has 1 heterocycles. The zero-order valence-corrected chi connectivity index (χ0v) is 14.0. The van der Waals surface area contributed by atoms with Crippen molar-refractivity contribution in [2.45, 2.75) is 20.3 Å². The van der Waals surface area contributed by atoms with Crippen molar-refractivity contribution in [3.63, 3.8) is 0 Å². The van der Waals surface area contributed by atoms with Crippen molar-refractivity contribution >= 4 is 22.6 Å². The Labute approximate surface area is 140 Å². The van der Waals surface area contributed by atoms with E-state index in [1.54, 1.807) is 30.7 Å². The Bertz CT molecular complexity index is 923. The molecule has 0 radical (unpaired) electrons. The number of hydrogen-bond donors (Lipinski definition) is 0. The van der Waals surface area contributed by atoms with Gasteiger partial charge in [-0.25, -0.2) is 0 Å². The number of carbonyl (C=O) groups excluding carboxylic acids is 2. The summed E-state index contributed by atoms with van der Waals surface area (Å²) in [6.07, 6.45) is 0.281. The molecule has 0 N–H and O–H groups in total. The van der Waals surface area contributed by atoms with Gasteiger partial charge in [0, 0.05) is 28.6 Å². The molecule has 1 aromatic heterocycles. The number of fused-ring (bicyclic) bond motifs is 1. The van der Waals surface area contributed by atoms with Gasteiger partial charge >= 0.3 is 0 Å². The van der Waals surface area contributed by atoms with Gasteiger partial charge in [0.15, 0.2) is 0 Å². The molecule has 122 valence electrons. The number of rotatable bonds is 4. The van der Waals surface area contributed by atoms with E-state index in [0.29, 0.717) is 11.3 Å². The van der Waals surface area contributed by atoms with Crippen molar-refractivity contribution in [2.24, 2.45) is 0 Å². The van der Waals surface area contributed by atoms with E-state index in [9.17, 15) is 9.59 Å². The molecular formula is C20H19NO3. The fourth-order valence-electron chi connectivity index (χ4n) is 3.05. The maximum absolute atomic E-state index is 12.9. The van der Waals surface area contributed by atoms with Crippen molar-refractivity contribution < 1.29 is 14.3 Å². The first kappa shape index (κ1) is 16.0. The predicted molar refractivity (Wildman–Crippen MR) is 93.8 cm³/mol. The highest BCUT2D eigenvalue weighted by molar-refractivity contribution is 6.04. The monoisotopic (exact) mass is 321 g/mol. The lowest BCUT2D eigenvalue weighted by atomic mass is 10.0. The smallest absolute Gasteiger partial charge is 0.262 e. The Hall–Kier alpha value is -2.88. The van der Waals surface area contributed by atoms with E-state index < -0.39 is 0 Å². The van der Waals surface area contributed by atoms with Gasteiger partial charge in [0.05, 0.1) is 12.6 Å². The molecule has 0 aliphatic carbocycles. The van der Waals surface area contributed by atoms with Crippen molar-refractivity contribution in [1.29, 1.82) is 0 Å². The van der Waals surface area contributed by atoms with Crippen LogP contribution in [0.1, 0.15) is 28.5 Å². The van der Waals surface area contributed by atoms with Gasteiger partial charge in [0.1, 0.15) is 11.5 Å². The molecule has 4 heteroatoms. The summed E-state index contributed by atoms with van der Waals surface area (Å²) < 4.78 is 7.09. The van der Waals surface area contributed by atoms with Crippen molar-refractivity contribution in [2.75, 3.05) is 7.11 Å². The van der Waals surface area contributed by atoms with Gasteiger partial charge in [-0.15, -0.1) is 0 Å². The summed E-state index contributed by atoms with van der Waals surface area (Å²) in [7, 11) is 1.59. The molecular weight excluding hydrogens is 302 g/mol. The SMILES string of the molecule is COc1ccc2c(cc(C)n2C(=O)c2ccccc2)c1CC(C)=O. The second-order valence-electron chi connectivity index (χ2n) is 5.85. The number of carbonyl (C=O) groups is 2. The van der Waals surface area contributed by atoms with E-state index in [1.165, 1.54) is 0 Å². The minimum absolute atomic E-state index is 0.0561. The molecule has 4 nitrogen and oxygen atoms in total. The highest BCUT2D eigenvalue weighted by Gasteiger charge is 2.19. The van der Waals surface area contributed by atoms with E-state index >= 15 is 0 Å². The highest BCUT2D eigenvalue weighted by Crippen LogP contribution is 2.31. The number of nitrogens with zero attached hydrogens (tertiary/aromatic N) is 1. The van der Waals surface area contributed by atoms with Gasteiger partial charge < -0.3 is 4.74 Å². The zero-order chi connectivity index (χ0) is 17.3. The first-order chi connectivity index (χ1) is 11.5. The summed E-state index contributed by atoms with van der Waals surface area (Å²) >= 11 is 0. The summed E-state index contributed by atoms with van der Waals surface area (Å²) in [5.41, 5.74) is 3.07. The predicted octanol–water partition coefficient (Wildman–Crippen LogP) is 3.78. The number of hydrogen-bond acceptors (Lipinski definition) is 3. The number of aromatic nitrogens is 1. The quantitative estimate of drug-likeness (QED) is 0.735. The lowest BCUT2D eigenvalue weighted by Gasteiger charge is -2.11. The number of benzene rings is 2. The van der Waals surface area contributed by atoms with Crippen molar-refractivity contribution in [3.8, 4) is 5.75 Å². The van der Waals surface area contributed by atoms with Crippen LogP contribution in [0.3, 0.4) is 0 Å². The van der Waals surface area contributed by atoms with Gasteiger partial charge in [-0.05, 0) is 44.2 Å². The molecule has 0 atom stereocenters. The number of aryl methyl sites for hydroxylation is 1. The van der Waals surface area contributed by atoms with E-state index in [-0.39, 0.29) is 18.1 Å². The van der Waals surface area contributed by atoms with Crippen LogP contribution in [-0.2, 0) is 11.2 Å². The second-order valence-corrected chi connectivity index (χ2v) is 5.85. The molecule has 3 aromatic rings. The number of ether oxygens (including phenoxy) is 1. The fraction of sp³-hybridized carbons (Fsp3) is 0.200. The first-order valence-corrected chi connectivity index (χ1v) is 7.80.